The molecule has 1 aromatic carbocycles. The maximum Gasteiger partial charge on any atom is 0.407 e. The van der Waals surface area contributed by atoms with Crippen molar-refractivity contribution in [2.45, 2.75) is 45.3 Å². The van der Waals surface area contributed by atoms with Gasteiger partial charge in [0.05, 0.1) is 0 Å². The Hall–Kier alpha value is -2.08. The molecule has 6 heteroatoms. The molecule has 0 fully saturated rings. The van der Waals surface area contributed by atoms with E-state index in [4.69, 9.17) is 9.84 Å². The van der Waals surface area contributed by atoms with Gasteiger partial charge in [-0.05, 0) is 51.8 Å². The Morgan fingerprint density at radius 3 is 2.22 bits per heavy atom. The third kappa shape index (κ3) is 7.65. The van der Waals surface area contributed by atoms with Crippen LogP contribution in [0.1, 0.15) is 31.9 Å². The highest BCUT2D eigenvalue weighted by Crippen LogP contribution is 2.09. The van der Waals surface area contributed by atoms with Crippen LogP contribution in [0.5, 0.6) is 0 Å². The molecule has 0 aliphatic carbocycles. The number of amides is 1. The monoisotopic (exact) mass is 322 g/mol. The summed E-state index contributed by atoms with van der Waals surface area (Å²) in [7, 11) is 1.63. The molecule has 0 spiro atoms. The Morgan fingerprint density at radius 1 is 1.17 bits per heavy atom. The van der Waals surface area contributed by atoms with Gasteiger partial charge in [0.2, 0.25) is 0 Å². The van der Waals surface area contributed by atoms with E-state index >= 15 is 0 Å². The van der Waals surface area contributed by atoms with Crippen LogP contribution in [0.2, 0.25) is 0 Å². The molecule has 0 radical (unpaired) electrons. The quantitative estimate of drug-likeness (QED) is 0.714. The molecule has 3 N–H and O–H groups in total. The van der Waals surface area contributed by atoms with Gasteiger partial charge >= 0.3 is 12.1 Å². The molecule has 1 amide bonds. The fourth-order valence-corrected chi connectivity index (χ4v) is 2.01. The Labute approximate surface area is 137 Å². The van der Waals surface area contributed by atoms with Crippen LogP contribution in [0, 0.1) is 0 Å². The molecule has 1 rings (SSSR count). The second-order valence-electron chi connectivity index (χ2n) is 6.38. The Bertz CT molecular complexity index is 520. The number of likely N-dealkylation sites (N-methyl/N-ethyl adjacent to an activating group) is 1. The molecule has 1 atom stereocenters. The smallest absolute Gasteiger partial charge is 0.407 e. The van der Waals surface area contributed by atoms with E-state index in [9.17, 15) is 9.59 Å². The summed E-state index contributed by atoms with van der Waals surface area (Å²) in [6.07, 6.45) is 0.698. The second-order valence-corrected chi connectivity index (χ2v) is 6.38. The van der Waals surface area contributed by atoms with Crippen LogP contribution >= 0.6 is 0 Å². The predicted molar refractivity (Wildman–Crippen MR) is 88.6 cm³/mol. The standard InChI is InChI=1S/C17H26N2O4/c1-17(2,3)23-16(22)19-10-9-12-5-7-13(8-6-12)11-14(18-4)15(20)21/h5-8,14,18H,9-11H2,1-4H3,(H,19,22)(H,20,21)/t14-/m0/s1. The Morgan fingerprint density at radius 2 is 1.74 bits per heavy atom. The van der Waals surface area contributed by atoms with Crippen molar-refractivity contribution in [1.82, 2.24) is 10.6 Å². The van der Waals surface area contributed by atoms with Gasteiger partial charge in [-0.3, -0.25) is 4.79 Å². The molecular formula is C17H26N2O4. The van der Waals surface area contributed by atoms with E-state index in [0.29, 0.717) is 19.4 Å². The number of nitrogens with one attached hydrogen (secondary N) is 2. The van der Waals surface area contributed by atoms with Gasteiger partial charge in [0.25, 0.3) is 0 Å². The summed E-state index contributed by atoms with van der Waals surface area (Å²) in [5.41, 5.74) is 1.52. The van der Waals surface area contributed by atoms with Crippen LogP contribution < -0.4 is 10.6 Å². The zero-order chi connectivity index (χ0) is 17.5. The van der Waals surface area contributed by atoms with Crippen molar-refractivity contribution in [2.75, 3.05) is 13.6 Å². The first-order chi connectivity index (χ1) is 10.7. The Balaban J connectivity index is 2.42. The van der Waals surface area contributed by atoms with Crippen molar-refractivity contribution in [1.29, 1.82) is 0 Å². The zero-order valence-electron chi connectivity index (χ0n) is 14.2. The lowest BCUT2D eigenvalue weighted by molar-refractivity contribution is -0.139. The lowest BCUT2D eigenvalue weighted by atomic mass is 10.0. The van der Waals surface area contributed by atoms with Crippen molar-refractivity contribution in [3.05, 3.63) is 35.4 Å². The summed E-state index contributed by atoms with van der Waals surface area (Å²) < 4.78 is 5.16. The first kappa shape index (κ1) is 19.0. The molecular weight excluding hydrogens is 296 g/mol. The first-order valence-electron chi connectivity index (χ1n) is 7.66. The molecule has 23 heavy (non-hydrogen) atoms. The van der Waals surface area contributed by atoms with Crippen molar-refractivity contribution >= 4 is 12.1 Å². The number of alkyl carbamates (subject to hydrolysis) is 1. The van der Waals surface area contributed by atoms with E-state index in [1.54, 1.807) is 7.05 Å². The van der Waals surface area contributed by atoms with Gasteiger partial charge in [-0.15, -0.1) is 0 Å². The van der Waals surface area contributed by atoms with Crippen molar-refractivity contribution in [3.8, 4) is 0 Å². The molecule has 0 aliphatic heterocycles. The van der Waals surface area contributed by atoms with Crippen LogP contribution in [0.4, 0.5) is 4.79 Å². The van der Waals surface area contributed by atoms with Gasteiger partial charge in [0, 0.05) is 6.54 Å². The number of hydrogen-bond acceptors (Lipinski definition) is 4. The van der Waals surface area contributed by atoms with E-state index in [1.165, 1.54) is 0 Å². The number of aliphatic carboxylic acids is 1. The summed E-state index contributed by atoms with van der Waals surface area (Å²) in [6.45, 7) is 5.95. The molecule has 0 bridgehead atoms. The number of carboxylic acids is 1. The maximum atomic E-state index is 11.5. The predicted octanol–water partition coefficient (Wildman–Crippen LogP) is 1.97. The zero-order valence-corrected chi connectivity index (χ0v) is 14.2. The lowest BCUT2D eigenvalue weighted by Crippen LogP contribution is -2.35. The maximum absolute atomic E-state index is 11.5. The SMILES string of the molecule is CN[C@@H](Cc1ccc(CCNC(=O)OC(C)(C)C)cc1)C(=O)O. The number of hydrogen-bond donors (Lipinski definition) is 3. The molecule has 0 aromatic heterocycles. The molecule has 0 heterocycles. The lowest BCUT2D eigenvalue weighted by Gasteiger charge is -2.19. The molecule has 0 saturated carbocycles. The van der Waals surface area contributed by atoms with Gasteiger partial charge in [-0.1, -0.05) is 24.3 Å². The second kappa shape index (κ2) is 8.53. The van der Waals surface area contributed by atoms with E-state index in [-0.39, 0.29) is 0 Å². The fraction of sp³-hybridized carbons (Fsp3) is 0.529. The topological polar surface area (TPSA) is 87.7 Å². The van der Waals surface area contributed by atoms with Crippen LogP contribution in [0.15, 0.2) is 24.3 Å². The van der Waals surface area contributed by atoms with E-state index in [2.05, 4.69) is 10.6 Å². The summed E-state index contributed by atoms with van der Waals surface area (Å²) in [6, 6.07) is 7.13. The van der Waals surface area contributed by atoms with E-state index in [0.717, 1.165) is 11.1 Å². The van der Waals surface area contributed by atoms with Gasteiger partial charge in [0.15, 0.2) is 0 Å². The number of rotatable bonds is 7. The summed E-state index contributed by atoms with van der Waals surface area (Å²) in [5.74, 6) is -0.863. The van der Waals surface area contributed by atoms with Gasteiger partial charge in [-0.2, -0.15) is 0 Å². The van der Waals surface area contributed by atoms with E-state index in [1.807, 2.05) is 45.0 Å². The van der Waals surface area contributed by atoms with E-state index < -0.39 is 23.7 Å². The molecule has 0 saturated heterocycles. The van der Waals surface area contributed by atoms with Gasteiger partial charge < -0.3 is 20.5 Å². The average molecular weight is 322 g/mol. The molecule has 128 valence electrons. The van der Waals surface area contributed by atoms with Crippen LogP contribution in [0.25, 0.3) is 0 Å². The minimum Gasteiger partial charge on any atom is -0.480 e. The van der Waals surface area contributed by atoms with Gasteiger partial charge in [0.1, 0.15) is 11.6 Å². The normalized spacial score (nSPS) is 12.5. The highest BCUT2D eigenvalue weighted by Gasteiger charge is 2.16. The number of carbonyl (C=O) groups is 2. The van der Waals surface area contributed by atoms with Crippen molar-refractivity contribution in [3.63, 3.8) is 0 Å². The number of carboxylic acid groups (broad SMARTS) is 1. The summed E-state index contributed by atoms with van der Waals surface area (Å²) in [5, 5.41) is 14.5. The Kier molecular flexibility index (Phi) is 7.03. The van der Waals surface area contributed by atoms with Crippen LogP contribution in [0.3, 0.4) is 0 Å². The average Bonchev–Trinajstić information content (AvgIpc) is 2.44. The number of benzene rings is 1. The number of carbonyl (C=O) groups excluding carboxylic acids is 1. The highest BCUT2D eigenvalue weighted by atomic mass is 16.6. The number of ether oxygens (including phenoxy) is 1. The third-order valence-corrected chi connectivity index (χ3v) is 3.19. The summed E-state index contributed by atoms with van der Waals surface area (Å²) >= 11 is 0. The largest absolute Gasteiger partial charge is 0.480 e. The molecule has 0 aliphatic rings. The van der Waals surface area contributed by atoms with Gasteiger partial charge in [-0.25, -0.2) is 4.79 Å². The molecule has 6 nitrogen and oxygen atoms in total. The van der Waals surface area contributed by atoms with Crippen molar-refractivity contribution < 1.29 is 19.4 Å². The minimum atomic E-state index is -0.863. The minimum absolute atomic E-state index is 0.424. The molecule has 1 aromatic rings. The highest BCUT2D eigenvalue weighted by molar-refractivity contribution is 5.73. The third-order valence-electron chi connectivity index (χ3n) is 3.19. The first-order valence-corrected chi connectivity index (χ1v) is 7.66. The van der Waals surface area contributed by atoms with Crippen LogP contribution in [-0.2, 0) is 22.4 Å². The summed E-state index contributed by atoms with van der Waals surface area (Å²) in [4.78, 5) is 22.5. The molecule has 0 unspecified atom stereocenters. The fourth-order valence-electron chi connectivity index (χ4n) is 2.01. The van der Waals surface area contributed by atoms with Crippen LogP contribution in [-0.4, -0.2) is 42.4 Å². The van der Waals surface area contributed by atoms with Crippen molar-refractivity contribution in [2.24, 2.45) is 0 Å².